The van der Waals surface area contributed by atoms with Gasteiger partial charge in [-0.1, -0.05) is 18.8 Å². The van der Waals surface area contributed by atoms with Crippen molar-refractivity contribution in [2.75, 3.05) is 0 Å². The highest BCUT2D eigenvalue weighted by molar-refractivity contribution is 5.98. The molecule has 0 unspecified atom stereocenters. The Morgan fingerprint density at radius 2 is 2.18 bits per heavy atom. The molecule has 2 rings (SSSR count). The fourth-order valence-corrected chi connectivity index (χ4v) is 2.03. The van der Waals surface area contributed by atoms with Gasteiger partial charge in [0.05, 0.1) is 0 Å². The Hall–Kier alpha value is -1.75. The number of benzene rings is 1. The van der Waals surface area contributed by atoms with E-state index in [2.05, 4.69) is 11.8 Å². The van der Waals surface area contributed by atoms with E-state index < -0.39 is 0 Å². The number of carbonyl (C=O) groups is 1. The molecule has 1 aromatic carbocycles. The Morgan fingerprint density at radius 1 is 1.41 bits per heavy atom. The number of rotatable bonds is 1. The molecule has 2 nitrogen and oxygen atoms in total. The molecular formula is C15H17NO. The van der Waals surface area contributed by atoms with Gasteiger partial charge in [-0.3, -0.25) is 4.79 Å². The van der Waals surface area contributed by atoms with Gasteiger partial charge in [-0.25, -0.2) is 0 Å². The SMILES string of the molecule is CCC#Cc1ccc2c(c1)CN(C(C)C)C2=O. The monoisotopic (exact) mass is 227 g/mol. The number of fused-ring (bicyclic) bond motifs is 1. The zero-order valence-electron chi connectivity index (χ0n) is 10.6. The van der Waals surface area contributed by atoms with Crippen molar-refractivity contribution >= 4 is 5.91 Å². The Balaban J connectivity index is 2.32. The Morgan fingerprint density at radius 3 is 2.82 bits per heavy atom. The predicted octanol–water partition coefficient (Wildman–Crippen LogP) is 2.81. The van der Waals surface area contributed by atoms with Crippen LogP contribution in [0.3, 0.4) is 0 Å². The lowest BCUT2D eigenvalue weighted by Gasteiger charge is -2.19. The molecule has 0 N–H and O–H groups in total. The quantitative estimate of drug-likeness (QED) is 0.676. The molecule has 0 spiro atoms. The van der Waals surface area contributed by atoms with Crippen LogP contribution in [0.15, 0.2) is 18.2 Å². The van der Waals surface area contributed by atoms with Crippen molar-refractivity contribution < 1.29 is 4.79 Å². The summed E-state index contributed by atoms with van der Waals surface area (Å²) >= 11 is 0. The highest BCUT2D eigenvalue weighted by Crippen LogP contribution is 2.25. The second-order valence-electron chi connectivity index (χ2n) is 4.55. The van der Waals surface area contributed by atoms with E-state index in [1.54, 1.807) is 0 Å². The summed E-state index contributed by atoms with van der Waals surface area (Å²) < 4.78 is 0. The van der Waals surface area contributed by atoms with Gasteiger partial charge < -0.3 is 4.90 Å². The second-order valence-corrected chi connectivity index (χ2v) is 4.55. The Labute approximate surface area is 103 Å². The molecule has 0 saturated carbocycles. The number of nitrogens with zero attached hydrogens (tertiary/aromatic N) is 1. The first kappa shape index (κ1) is 11.7. The summed E-state index contributed by atoms with van der Waals surface area (Å²) in [6, 6.07) is 6.13. The van der Waals surface area contributed by atoms with Gasteiger partial charge in [-0.05, 0) is 37.6 Å². The van der Waals surface area contributed by atoms with E-state index in [0.717, 1.165) is 23.1 Å². The molecule has 0 aromatic heterocycles. The third-order valence-electron chi connectivity index (χ3n) is 2.97. The average Bonchev–Trinajstić information content (AvgIpc) is 2.64. The van der Waals surface area contributed by atoms with Crippen molar-refractivity contribution in [2.45, 2.75) is 39.8 Å². The van der Waals surface area contributed by atoms with E-state index >= 15 is 0 Å². The molecule has 2 heteroatoms. The van der Waals surface area contributed by atoms with Crippen LogP contribution in [0, 0.1) is 11.8 Å². The lowest BCUT2D eigenvalue weighted by molar-refractivity contribution is 0.0730. The topological polar surface area (TPSA) is 20.3 Å². The summed E-state index contributed by atoms with van der Waals surface area (Å²) in [7, 11) is 0. The van der Waals surface area contributed by atoms with Crippen LogP contribution in [-0.2, 0) is 6.54 Å². The van der Waals surface area contributed by atoms with E-state index in [0.29, 0.717) is 6.54 Å². The van der Waals surface area contributed by atoms with Gasteiger partial charge in [-0.15, -0.1) is 0 Å². The molecule has 88 valence electrons. The Kier molecular flexibility index (Phi) is 3.19. The van der Waals surface area contributed by atoms with Crippen LogP contribution in [0.2, 0.25) is 0 Å². The van der Waals surface area contributed by atoms with Gasteiger partial charge >= 0.3 is 0 Å². The maximum absolute atomic E-state index is 12.1. The van der Waals surface area contributed by atoms with Crippen molar-refractivity contribution in [2.24, 2.45) is 0 Å². The van der Waals surface area contributed by atoms with Crippen LogP contribution in [-0.4, -0.2) is 16.8 Å². The van der Waals surface area contributed by atoms with E-state index in [4.69, 9.17) is 0 Å². The maximum atomic E-state index is 12.1. The van der Waals surface area contributed by atoms with Crippen molar-refractivity contribution in [1.82, 2.24) is 4.90 Å². The molecule has 17 heavy (non-hydrogen) atoms. The number of hydrogen-bond donors (Lipinski definition) is 0. The van der Waals surface area contributed by atoms with Crippen LogP contribution in [0.25, 0.3) is 0 Å². The minimum Gasteiger partial charge on any atom is -0.332 e. The van der Waals surface area contributed by atoms with Crippen LogP contribution in [0.5, 0.6) is 0 Å². The van der Waals surface area contributed by atoms with Crippen LogP contribution in [0.1, 0.15) is 48.7 Å². The van der Waals surface area contributed by atoms with Crippen LogP contribution in [0.4, 0.5) is 0 Å². The molecule has 0 saturated heterocycles. The first-order chi connectivity index (χ1) is 8.13. The van der Waals surface area contributed by atoms with Crippen molar-refractivity contribution in [1.29, 1.82) is 0 Å². The van der Waals surface area contributed by atoms with Crippen LogP contribution < -0.4 is 0 Å². The van der Waals surface area contributed by atoms with Crippen molar-refractivity contribution in [3.63, 3.8) is 0 Å². The summed E-state index contributed by atoms with van der Waals surface area (Å²) in [5.41, 5.74) is 2.94. The largest absolute Gasteiger partial charge is 0.332 e. The van der Waals surface area contributed by atoms with Gasteiger partial charge in [0.25, 0.3) is 5.91 Å². The third kappa shape index (κ3) is 2.19. The molecule has 1 heterocycles. The molecule has 0 fully saturated rings. The highest BCUT2D eigenvalue weighted by Gasteiger charge is 2.28. The number of hydrogen-bond acceptors (Lipinski definition) is 1. The third-order valence-corrected chi connectivity index (χ3v) is 2.97. The molecule has 0 atom stereocenters. The molecule has 1 aliphatic rings. The smallest absolute Gasteiger partial charge is 0.254 e. The van der Waals surface area contributed by atoms with E-state index in [1.165, 1.54) is 0 Å². The predicted molar refractivity (Wildman–Crippen MR) is 68.6 cm³/mol. The van der Waals surface area contributed by atoms with Gasteiger partial charge in [0, 0.05) is 30.1 Å². The fourth-order valence-electron chi connectivity index (χ4n) is 2.03. The van der Waals surface area contributed by atoms with Crippen LogP contribution >= 0.6 is 0 Å². The van der Waals surface area contributed by atoms with E-state index in [1.807, 2.05) is 43.9 Å². The lowest BCUT2D eigenvalue weighted by atomic mass is 10.1. The zero-order valence-corrected chi connectivity index (χ0v) is 10.6. The molecule has 1 aliphatic heterocycles. The summed E-state index contributed by atoms with van der Waals surface area (Å²) in [5.74, 6) is 6.30. The molecule has 0 aliphatic carbocycles. The summed E-state index contributed by atoms with van der Waals surface area (Å²) in [4.78, 5) is 13.9. The zero-order chi connectivity index (χ0) is 12.4. The summed E-state index contributed by atoms with van der Waals surface area (Å²) in [6.07, 6.45) is 0.855. The number of carbonyl (C=O) groups excluding carboxylic acids is 1. The summed E-state index contributed by atoms with van der Waals surface area (Å²) in [6.45, 7) is 6.83. The second kappa shape index (κ2) is 4.63. The maximum Gasteiger partial charge on any atom is 0.254 e. The highest BCUT2D eigenvalue weighted by atomic mass is 16.2. The molecule has 1 aromatic rings. The van der Waals surface area contributed by atoms with Gasteiger partial charge in [0.2, 0.25) is 0 Å². The molecule has 1 amide bonds. The minimum atomic E-state index is 0.144. The van der Waals surface area contributed by atoms with E-state index in [9.17, 15) is 4.79 Å². The minimum absolute atomic E-state index is 0.144. The molecule has 0 radical (unpaired) electrons. The van der Waals surface area contributed by atoms with E-state index in [-0.39, 0.29) is 11.9 Å². The molecule has 0 bridgehead atoms. The average molecular weight is 227 g/mol. The first-order valence-electron chi connectivity index (χ1n) is 6.06. The van der Waals surface area contributed by atoms with Gasteiger partial charge in [0.1, 0.15) is 0 Å². The van der Waals surface area contributed by atoms with Crippen molar-refractivity contribution in [3.05, 3.63) is 34.9 Å². The standard InChI is InChI=1S/C15H17NO/c1-4-5-6-12-7-8-14-13(9-12)10-16(11(2)3)15(14)17/h7-9,11H,4,10H2,1-3H3. The van der Waals surface area contributed by atoms with Gasteiger partial charge in [0.15, 0.2) is 0 Å². The summed E-state index contributed by atoms with van der Waals surface area (Å²) in [5, 5.41) is 0. The normalized spacial score (nSPS) is 13.6. The van der Waals surface area contributed by atoms with Gasteiger partial charge in [-0.2, -0.15) is 0 Å². The first-order valence-corrected chi connectivity index (χ1v) is 6.06. The fraction of sp³-hybridized carbons (Fsp3) is 0.400. The Bertz CT molecular complexity index is 505. The number of amides is 1. The molecular weight excluding hydrogens is 210 g/mol. The lowest BCUT2D eigenvalue weighted by Crippen LogP contribution is -2.30. The van der Waals surface area contributed by atoms with Crippen molar-refractivity contribution in [3.8, 4) is 11.8 Å².